The smallest absolute Gasteiger partial charge is 0.269 e. The molecule has 2 atom stereocenters. The molecule has 1 aliphatic carbocycles. The molecule has 2 aromatic rings. The third-order valence-electron chi connectivity index (χ3n) is 6.37. The Balaban J connectivity index is 1.59. The van der Waals surface area contributed by atoms with Gasteiger partial charge < -0.3 is 5.11 Å². The average molecular weight is 425 g/mol. The number of aliphatic imine (C=N–C) groups is 1. The van der Waals surface area contributed by atoms with Gasteiger partial charge in [-0.15, -0.1) is 0 Å². The molecule has 0 saturated carbocycles. The SMILES string of the molecule is O=[N+]([O-])c1ccc(S(=O)(=O)N2CC[C@]34C(CO)=CC[C@H]2C3=Nc2ccccc24)cc1. The Kier molecular flexibility index (Phi) is 4.18. The average Bonchev–Trinajstić information content (AvgIpc) is 3.10. The summed E-state index contributed by atoms with van der Waals surface area (Å²) in [5, 5.41) is 20.9. The number of non-ortho nitro benzene ring substituents is 1. The number of nitro benzene ring substituents is 1. The number of nitrogens with zero attached hydrogens (tertiary/aromatic N) is 3. The molecular formula is C21H19N3O5S. The molecule has 2 aliphatic heterocycles. The van der Waals surface area contributed by atoms with Crippen molar-refractivity contribution in [3.8, 4) is 0 Å². The van der Waals surface area contributed by atoms with E-state index in [1.54, 1.807) is 0 Å². The van der Waals surface area contributed by atoms with Crippen molar-refractivity contribution in [3.63, 3.8) is 0 Å². The highest BCUT2D eigenvalue weighted by Crippen LogP contribution is 2.53. The molecule has 0 spiro atoms. The van der Waals surface area contributed by atoms with E-state index in [2.05, 4.69) is 0 Å². The maximum absolute atomic E-state index is 13.4. The second-order valence-electron chi connectivity index (χ2n) is 7.68. The first kappa shape index (κ1) is 19.1. The maximum atomic E-state index is 13.4. The lowest BCUT2D eigenvalue weighted by Crippen LogP contribution is -2.60. The van der Waals surface area contributed by atoms with Crippen LogP contribution in [0.5, 0.6) is 0 Å². The van der Waals surface area contributed by atoms with E-state index < -0.39 is 26.4 Å². The first-order valence-corrected chi connectivity index (χ1v) is 11.1. The van der Waals surface area contributed by atoms with E-state index in [4.69, 9.17) is 4.99 Å². The van der Waals surface area contributed by atoms with Gasteiger partial charge in [0.05, 0.1) is 39.3 Å². The van der Waals surface area contributed by atoms with E-state index in [0.717, 1.165) is 22.5 Å². The zero-order valence-corrected chi connectivity index (χ0v) is 16.7. The number of fused-ring (bicyclic) bond motifs is 1. The standard InChI is InChI=1S/C21H19N3O5S/c25-13-14-5-10-19-20-21(14,17-3-1-2-4-18(17)22-20)11-12-23(19)30(28,29)16-8-6-15(7-9-16)24(26)27/h1-9,19,25H,10-13H2/t19-,21+/m0/s1. The summed E-state index contributed by atoms with van der Waals surface area (Å²) in [6.45, 7) is 0.170. The number of hydrogen-bond donors (Lipinski definition) is 1. The predicted octanol–water partition coefficient (Wildman–Crippen LogP) is 2.70. The third kappa shape index (κ3) is 2.46. The molecule has 5 rings (SSSR count). The van der Waals surface area contributed by atoms with Gasteiger partial charge in [0.25, 0.3) is 5.69 Å². The van der Waals surface area contributed by atoms with Crippen LogP contribution in [0.4, 0.5) is 11.4 Å². The van der Waals surface area contributed by atoms with Crippen LogP contribution in [0.15, 0.2) is 70.1 Å². The largest absolute Gasteiger partial charge is 0.392 e. The van der Waals surface area contributed by atoms with Crippen LogP contribution in [0.25, 0.3) is 0 Å². The van der Waals surface area contributed by atoms with Crippen LogP contribution in [-0.2, 0) is 15.4 Å². The van der Waals surface area contributed by atoms with E-state index in [1.807, 2.05) is 30.3 Å². The highest BCUT2D eigenvalue weighted by molar-refractivity contribution is 7.89. The summed E-state index contributed by atoms with van der Waals surface area (Å²) in [7, 11) is -3.87. The van der Waals surface area contributed by atoms with Crippen LogP contribution in [-0.4, -0.2) is 47.7 Å². The second kappa shape index (κ2) is 6.56. The number of rotatable bonds is 4. The Hall–Kier alpha value is -2.88. The van der Waals surface area contributed by atoms with E-state index >= 15 is 0 Å². The molecule has 0 amide bonds. The number of benzene rings is 2. The van der Waals surface area contributed by atoms with Crippen molar-refractivity contribution in [2.24, 2.45) is 4.99 Å². The van der Waals surface area contributed by atoms with E-state index in [0.29, 0.717) is 12.8 Å². The molecule has 3 aliphatic rings. The van der Waals surface area contributed by atoms with E-state index in [-0.39, 0.29) is 23.7 Å². The molecule has 2 aromatic carbocycles. The summed E-state index contributed by atoms with van der Waals surface area (Å²) < 4.78 is 28.3. The molecule has 154 valence electrons. The molecule has 30 heavy (non-hydrogen) atoms. The Morgan fingerprint density at radius 1 is 1.20 bits per heavy atom. The summed E-state index contributed by atoms with van der Waals surface area (Å²) in [6.07, 6.45) is 2.85. The Labute approximate surface area is 173 Å². The molecule has 2 bridgehead atoms. The van der Waals surface area contributed by atoms with Crippen LogP contribution in [0.1, 0.15) is 18.4 Å². The molecule has 2 heterocycles. The molecule has 8 nitrogen and oxygen atoms in total. The van der Waals surface area contributed by atoms with Crippen LogP contribution < -0.4 is 0 Å². The van der Waals surface area contributed by atoms with Gasteiger partial charge in [-0.1, -0.05) is 24.3 Å². The highest BCUT2D eigenvalue weighted by Gasteiger charge is 2.56. The zero-order valence-electron chi connectivity index (χ0n) is 15.9. The van der Waals surface area contributed by atoms with Gasteiger partial charge in [0.1, 0.15) is 0 Å². The highest BCUT2D eigenvalue weighted by atomic mass is 32.2. The fourth-order valence-electron chi connectivity index (χ4n) is 5.00. The molecule has 0 aromatic heterocycles. The minimum Gasteiger partial charge on any atom is -0.392 e. The van der Waals surface area contributed by atoms with Crippen molar-refractivity contribution in [2.75, 3.05) is 13.2 Å². The molecule has 1 saturated heterocycles. The van der Waals surface area contributed by atoms with Gasteiger partial charge in [-0.05, 0) is 42.2 Å². The Bertz CT molecular complexity index is 1220. The minimum absolute atomic E-state index is 0.0219. The fraction of sp³-hybridized carbons (Fsp3) is 0.286. The topological polar surface area (TPSA) is 113 Å². The predicted molar refractivity (Wildman–Crippen MR) is 110 cm³/mol. The summed E-state index contributed by atoms with van der Waals surface area (Å²) in [5.41, 5.74) is 2.73. The lowest BCUT2D eigenvalue weighted by molar-refractivity contribution is -0.384. The number of nitro groups is 1. The van der Waals surface area contributed by atoms with Crippen LogP contribution >= 0.6 is 0 Å². The van der Waals surface area contributed by atoms with Crippen molar-refractivity contribution in [1.82, 2.24) is 4.31 Å². The monoisotopic (exact) mass is 425 g/mol. The molecule has 1 fully saturated rings. The van der Waals surface area contributed by atoms with Crippen LogP contribution in [0.3, 0.4) is 0 Å². The summed E-state index contributed by atoms with van der Waals surface area (Å²) >= 11 is 0. The second-order valence-corrected chi connectivity index (χ2v) is 9.57. The normalized spacial score (nSPS) is 25.2. The summed E-state index contributed by atoms with van der Waals surface area (Å²) in [4.78, 5) is 15.2. The van der Waals surface area contributed by atoms with Crippen LogP contribution in [0, 0.1) is 10.1 Å². The number of aliphatic hydroxyl groups is 1. The van der Waals surface area contributed by atoms with E-state index in [1.165, 1.54) is 28.6 Å². The third-order valence-corrected chi connectivity index (χ3v) is 8.30. The van der Waals surface area contributed by atoms with Gasteiger partial charge in [0.15, 0.2) is 0 Å². The number of hydrogen-bond acceptors (Lipinski definition) is 6. The number of aliphatic hydroxyl groups excluding tert-OH is 1. The molecular weight excluding hydrogens is 406 g/mol. The number of piperidine rings is 1. The van der Waals surface area contributed by atoms with Crippen molar-refractivity contribution >= 4 is 27.1 Å². The first-order valence-electron chi connectivity index (χ1n) is 9.65. The van der Waals surface area contributed by atoms with Gasteiger partial charge in [-0.3, -0.25) is 15.1 Å². The van der Waals surface area contributed by atoms with Crippen LogP contribution in [0.2, 0.25) is 0 Å². The van der Waals surface area contributed by atoms with Gasteiger partial charge in [-0.2, -0.15) is 4.31 Å². The van der Waals surface area contributed by atoms with Gasteiger partial charge in [0.2, 0.25) is 10.0 Å². The zero-order chi connectivity index (χ0) is 21.1. The number of para-hydroxylation sites is 1. The molecule has 0 unspecified atom stereocenters. The van der Waals surface area contributed by atoms with Crippen molar-refractivity contribution in [1.29, 1.82) is 0 Å². The van der Waals surface area contributed by atoms with Gasteiger partial charge >= 0.3 is 0 Å². The molecule has 9 heteroatoms. The van der Waals surface area contributed by atoms with Crippen molar-refractivity contribution in [2.45, 2.75) is 29.2 Å². The Morgan fingerprint density at radius 2 is 1.93 bits per heavy atom. The lowest BCUT2D eigenvalue weighted by Gasteiger charge is -2.48. The summed E-state index contributed by atoms with van der Waals surface area (Å²) in [6, 6.07) is 12.2. The Morgan fingerprint density at radius 3 is 2.63 bits per heavy atom. The van der Waals surface area contributed by atoms with Crippen molar-refractivity contribution < 1.29 is 18.4 Å². The number of sulfonamides is 1. The van der Waals surface area contributed by atoms with Gasteiger partial charge in [-0.25, -0.2) is 8.42 Å². The first-order chi connectivity index (χ1) is 14.4. The minimum atomic E-state index is -3.87. The summed E-state index contributed by atoms with van der Waals surface area (Å²) in [5.74, 6) is 0. The lowest BCUT2D eigenvalue weighted by atomic mass is 9.62. The fourth-order valence-corrected chi connectivity index (χ4v) is 6.61. The maximum Gasteiger partial charge on any atom is 0.269 e. The van der Waals surface area contributed by atoms with Gasteiger partial charge in [0, 0.05) is 18.7 Å². The quantitative estimate of drug-likeness (QED) is 0.460. The molecule has 0 radical (unpaired) electrons. The van der Waals surface area contributed by atoms with E-state index in [9.17, 15) is 23.6 Å². The molecule has 1 N–H and O–H groups in total. The van der Waals surface area contributed by atoms with Crippen molar-refractivity contribution in [3.05, 3.63) is 75.9 Å².